The Labute approximate surface area is 92.6 Å². The lowest BCUT2D eigenvalue weighted by Crippen LogP contribution is -2.43. The highest BCUT2D eigenvalue weighted by Crippen LogP contribution is 2.09. The van der Waals surface area contributed by atoms with Gasteiger partial charge in [-0.3, -0.25) is 4.90 Å². The van der Waals surface area contributed by atoms with Crippen molar-refractivity contribution in [3.8, 4) is 11.8 Å². The Bertz CT molecular complexity index is 229. The van der Waals surface area contributed by atoms with Gasteiger partial charge in [-0.05, 0) is 25.9 Å². The average Bonchev–Trinajstić information content (AvgIpc) is 2.32. The molecule has 0 aromatic heterocycles. The van der Waals surface area contributed by atoms with Gasteiger partial charge in [0.05, 0.1) is 6.54 Å². The zero-order valence-electron chi connectivity index (χ0n) is 9.39. The molecule has 0 aromatic carbocycles. The summed E-state index contributed by atoms with van der Waals surface area (Å²) in [6.07, 6.45) is 2.46. The third-order valence-corrected chi connectivity index (χ3v) is 3.16. The summed E-state index contributed by atoms with van der Waals surface area (Å²) in [4.78, 5) is 2.44. The van der Waals surface area contributed by atoms with Crippen LogP contribution in [0, 0.1) is 17.8 Å². The van der Waals surface area contributed by atoms with E-state index in [1.165, 1.54) is 12.8 Å². The molecule has 2 aliphatic rings. The van der Waals surface area contributed by atoms with Gasteiger partial charge in [0.1, 0.15) is 0 Å². The molecule has 0 unspecified atom stereocenters. The molecule has 0 aliphatic carbocycles. The lowest BCUT2D eigenvalue weighted by molar-refractivity contribution is 0.268. The molecule has 2 saturated heterocycles. The maximum Gasteiger partial charge on any atom is 0.0602 e. The number of hydrogen-bond donors (Lipinski definition) is 2. The van der Waals surface area contributed by atoms with Gasteiger partial charge < -0.3 is 10.6 Å². The molecule has 0 atom stereocenters. The topological polar surface area (TPSA) is 27.3 Å². The molecular weight excluding hydrogens is 186 g/mol. The highest BCUT2D eigenvalue weighted by atomic mass is 15.2. The van der Waals surface area contributed by atoms with E-state index in [9.17, 15) is 0 Å². The van der Waals surface area contributed by atoms with Gasteiger partial charge in [0.15, 0.2) is 0 Å². The molecule has 0 bridgehead atoms. The zero-order valence-corrected chi connectivity index (χ0v) is 9.39. The molecular formula is C12H21N3. The third kappa shape index (κ3) is 3.83. The van der Waals surface area contributed by atoms with Crippen LogP contribution in [0.3, 0.4) is 0 Å². The summed E-state index contributed by atoms with van der Waals surface area (Å²) in [6, 6.07) is 0. The Kier molecular flexibility index (Phi) is 4.46. The zero-order chi connectivity index (χ0) is 10.3. The molecule has 0 radical (unpaired) electrons. The third-order valence-electron chi connectivity index (χ3n) is 3.16. The van der Waals surface area contributed by atoms with Gasteiger partial charge >= 0.3 is 0 Å². The summed E-state index contributed by atoms with van der Waals surface area (Å²) < 4.78 is 0. The fourth-order valence-corrected chi connectivity index (χ4v) is 2.14. The molecule has 2 rings (SSSR count). The molecule has 0 spiro atoms. The Balaban J connectivity index is 1.68. The van der Waals surface area contributed by atoms with Crippen LogP contribution in [0.2, 0.25) is 0 Å². The first kappa shape index (κ1) is 10.9. The lowest BCUT2D eigenvalue weighted by Gasteiger charge is -2.25. The summed E-state index contributed by atoms with van der Waals surface area (Å²) in [5.41, 5.74) is 0. The van der Waals surface area contributed by atoms with E-state index < -0.39 is 0 Å². The van der Waals surface area contributed by atoms with E-state index in [2.05, 4.69) is 27.4 Å². The maximum absolute atomic E-state index is 3.42. The van der Waals surface area contributed by atoms with Crippen LogP contribution in [0.5, 0.6) is 0 Å². The highest BCUT2D eigenvalue weighted by Gasteiger charge is 2.10. The van der Waals surface area contributed by atoms with Gasteiger partial charge in [0.25, 0.3) is 0 Å². The van der Waals surface area contributed by atoms with Gasteiger partial charge in [-0.15, -0.1) is 0 Å². The molecule has 3 heteroatoms. The molecule has 2 fully saturated rings. The normalized spacial score (nSPS) is 24.5. The molecule has 3 nitrogen and oxygen atoms in total. The molecule has 84 valence electrons. The van der Waals surface area contributed by atoms with Crippen LogP contribution < -0.4 is 10.6 Å². The second-order valence-corrected chi connectivity index (χ2v) is 4.37. The predicted molar refractivity (Wildman–Crippen MR) is 62.7 cm³/mol. The minimum Gasteiger partial charge on any atom is -0.317 e. The summed E-state index contributed by atoms with van der Waals surface area (Å²) in [5, 5.41) is 6.72. The van der Waals surface area contributed by atoms with Gasteiger partial charge in [-0.2, -0.15) is 0 Å². The van der Waals surface area contributed by atoms with Gasteiger partial charge in [0.2, 0.25) is 0 Å². The Morgan fingerprint density at radius 2 is 1.67 bits per heavy atom. The van der Waals surface area contributed by atoms with Crippen molar-refractivity contribution in [3.63, 3.8) is 0 Å². The van der Waals surface area contributed by atoms with Crippen LogP contribution in [-0.4, -0.2) is 50.7 Å². The largest absolute Gasteiger partial charge is 0.317 e. The maximum atomic E-state index is 3.42. The van der Waals surface area contributed by atoms with Crippen LogP contribution in [0.15, 0.2) is 0 Å². The number of piperidine rings is 1. The minimum atomic E-state index is 0.647. The number of rotatable bonds is 1. The van der Waals surface area contributed by atoms with Gasteiger partial charge in [-0.25, -0.2) is 0 Å². The lowest BCUT2D eigenvalue weighted by atomic mass is 9.99. The first-order valence-electron chi connectivity index (χ1n) is 6.07. The fraction of sp³-hybridized carbons (Fsp3) is 0.833. The van der Waals surface area contributed by atoms with Crippen LogP contribution in [0.25, 0.3) is 0 Å². The number of nitrogens with zero attached hydrogens (tertiary/aromatic N) is 1. The second kappa shape index (κ2) is 6.12. The Morgan fingerprint density at radius 3 is 2.40 bits per heavy atom. The summed E-state index contributed by atoms with van der Waals surface area (Å²) in [7, 11) is 0. The quantitative estimate of drug-likeness (QED) is 0.588. The summed E-state index contributed by atoms with van der Waals surface area (Å²) >= 11 is 0. The van der Waals surface area contributed by atoms with Crippen molar-refractivity contribution < 1.29 is 0 Å². The van der Waals surface area contributed by atoms with Gasteiger partial charge in [-0.1, -0.05) is 11.8 Å². The molecule has 0 amide bonds. The van der Waals surface area contributed by atoms with Crippen molar-refractivity contribution in [2.75, 3.05) is 45.8 Å². The van der Waals surface area contributed by atoms with Gasteiger partial charge in [0, 0.05) is 32.1 Å². The predicted octanol–water partition coefficient (Wildman–Crippen LogP) is -0.105. The van der Waals surface area contributed by atoms with Crippen molar-refractivity contribution in [3.05, 3.63) is 0 Å². The van der Waals surface area contributed by atoms with E-state index in [1.54, 1.807) is 0 Å². The number of nitrogens with one attached hydrogen (secondary N) is 2. The summed E-state index contributed by atoms with van der Waals surface area (Å²) in [6.45, 7) is 7.80. The van der Waals surface area contributed by atoms with E-state index in [1.807, 2.05) is 0 Å². The fourth-order valence-electron chi connectivity index (χ4n) is 2.14. The highest BCUT2D eigenvalue weighted by molar-refractivity contribution is 5.06. The Hall–Kier alpha value is -0.560. The van der Waals surface area contributed by atoms with E-state index in [4.69, 9.17) is 0 Å². The van der Waals surface area contributed by atoms with Crippen LogP contribution in [0.4, 0.5) is 0 Å². The van der Waals surface area contributed by atoms with E-state index in [0.717, 1.165) is 45.8 Å². The number of piperazine rings is 1. The van der Waals surface area contributed by atoms with Crippen molar-refractivity contribution in [1.29, 1.82) is 0 Å². The van der Waals surface area contributed by atoms with E-state index in [0.29, 0.717) is 5.92 Å². The van der Waals surface area contributed by atoms with Crippen LogP contribution in [-0.2, 0) is 0 Å². The minimum absolute atomic E-state index is 0.647. The van der Waals surface area contributed by atoms with Crippen molar-refractivity contribution in [2.24, 2.45) is 5.92 Å². The first-order valence-corrected chi connectivity index (χ1v) is 6.07. The standard InChI is InChI=1S/C12H21N3/c1(2-12-3-5-13-6-4-12)9-15-10-7-14-8-11-15/h12-14H,3-11H2. The average molecular weight is 207 g/mol. The van der Waals surface area contributed by atoms with E-state index in [-0.39, 0.29) is 0 Å². The second-order valence-electron chi connectivity index (χ2n) is 4.37. The van der Waals surface area contributed by atoms with Crippen LogP contribution >= 0.6 is 0 Å². The first-order chi connectivity index (χ1) is 7.45. The molecule has 2 aliphatic heterocycles. The molecule has 2 N–H and O–H groups in total. The molecule has 15 heavy (non-hydrogen) atoms. The van der Waals surface area contributed by atoms with Crippen molar-refractivity contribution in [1.82, 2.24) is 15.5 Å². The molecule has 2 heterocycles. The summed E-state index contributed by atoms with van der Waals surface area (Å²) in [5.74, 6) is 7.41. The SMILES string of the molecule is C(#CC1CCNCC1)CN1CCNCC1. The van der Waals surface area contributed by atoms with Crippen molar-refractivity contribution in [2.45, 2.75) is 12.8 Å². The Morgan fingerprint density at radius 1 is 1.00 bits per heavy atom. The number of hydrogen-bond acceptors (Lipinski definition) is 3. The van der Waals surface area contributed by atoms with Crippen LogP contribution in [0.1, 0.15) is 12.8 Å². The molecule has 0 saturated carbocycles. The smallest absolute Gasteiger partial charge is 0.0602 e. The monoisotopic (exact) mass is 207 g/mol. The van der Waals surface area contributed by atoms with Crippen molar-refractivity contribution >= 4 is 0 Å². The van der Waals surface area contributed by atoms with E-state index >= 15 is 0 Å². The molecule has 0 aromatic rings.